The Labute approximate surface area is 184 Å². The molecular formula is C24H23NO5S. The second-order valence-electron chi connectivity index (χ2n) is 7.00. The van der Waals surface area contributed by atoms with Crippen molar-refractivity contribution < 1.29 is 24.5 Å². The first-order valence-corrected chi connectivity index (χ1v) is 10.6. The SMILES string of the molecule is CCCc1c(OCc2cccc(Sc3cncc(C(=O)O)c3)c2)ccc(C(C)=O)c1O. The number of carboxylic acids is 1. The number of phenols is 1. The van der Waals surface area contributed by atoms with Gasteiger partial charge >= 0.3 is 5.97 Å². The highest BCUT2D eigenvalue weighted by Crippen LogP contribution is 2.34. The molecular weight excluding hydrogens is 414 g/mol. The summed E-state index contributed by atoms with van der Waals surface area (Å²) in [7, 11) is 0. The van der Waals surface area contributed by atoms with Crippen LogP contribution >= 0.6 is 11.8 Å². The standard InChI is InChI=1S/C24H23NO5S/c1-3-5-21-22(9-8-20(15(2)26)23(21)27)30-14-16-6-4-7-18(10-16)31-19-11-17(24(28)29)12-25-13-19/h4,6-13,27H,3,5,14H2,1-2H3,(H,28,29). The minimum Gasteiger partial charge on any atom is -0.507 e. The number of aromatic carboxylic acids is 1. The third-order valence-electron chi connectivity index (χ3n) is 4.61. The largest absolute Gasteiger partial charge is 0.507 e. The van der Waals surface area contributed by atoms with Crippen LogP contribution in [0.25, 0.3) is 0 Å². The molecule has 0 saturated heterocycles. The third-order valence-corrected chi connectivity index (χ3v) is 5.56. The van der Waals surface area contributed by atoms with E-state index in [2.05, 4.69) is 4.98 Å². The molecule has 0 spiro atoms. The van der Waals surface area contributed by atoms with Gasteiger partial charge in [0.15, 0.2) is 5.78 Å². The lowest BCUT2D eigenvalue weighted by atomic mass is 10.0. The van der Waals surface area contributed by atoms with E-state index < -0.39 is 5.97 Å². The maximum absolute atomic E-state index is 11.7. The molecule has 2 N–H and O–H groups in total. The molecule has 0 aliphatic rings. The molecule has 0 aliphatic heterocycles. The van der Waals surface area contributed by atoms with Crippen LogP contribution in [0.5, 0.6) is 11.5 Å². The molecule has 6 nitrogen and oxygen atoms in total. The number of carbonyl (C=O) groups is 2. The Morgan fingerprint density at radius 2 is 1.90 bits per heavy atom. The Kier molecular flexibility index (Phi) is 7.31. The fraction of sp³-hybridized carbons (Fsp3) is 0.208. The number of aromatic nitrogens is 1. The smallest absolute Gasteiger partial charge is 0.337 e. The van der Waals surface area contributed by atoms with Crippen molar-refractivity contribution in [2.75, 3.05) is 0 Å². The van der Waals surface area contributed by atoms with Crippen LogP contribution in [0.1, 0.15) is 52.1 Å². The van der Waals surface area contributed by atoms with Gasteiger partial charge in [-0.2, -0.15) is 0 Å². The van der Waals surface area contributed by atoms with Gasteiger partial charge < -0.3 is 14.9 Å². The Bertz CT molecular complexity index is 1110. The molecule has 0 saturated carbocycles. The summed E-state index contributed by atoms with van der Waals surface area (Å²) >= 11 is 1.42. The van der Waals surface area contributed by atoms with E-state index in [9.17, 15) is 14.7 Å². The molecule has 0 amide bonds. The van der Waals surface area contributed by atoms with Crippen molar-refractivity contribution in [2.45, 2.75) is 43.1 Å². The number of phenolic OH excluding ortho intramolecular Hbond substituents is 1. The number of aromatic hydroxyl groups is 1. The number of ketones is 1. The Hall–Kier alpha value is -3.32. The number of Topliss-reactive ketones (excluding diaryl/α,β-unsaturated/α-hetero) is 1. The first-order chi connectivity index (χ1) is 14.9. The van der Waals surface area contributed by atoms with Gasteiger partial charge in [-0.1, -0.05) is 37.2 Å². The number of nitrogens with zero attached hydrogens (tertiary/aromatic N) is 1. The zero-order chi connectivity index (χ0) is 22.4. The van der Waals surface area contributed by atoms with Crippen LogP contribution in [-0.2, 0) is 13.0 Å². The van der Waals surface area contributed by atoms with E-state index in [0.29, 0.717) is 23.3 Å². The molecule has 0 fully saturated rings. The fourth-order valence-electron chi connectivity index (χ4n) is 3.12. The predicted octanol–water partition coefficient (Wildman–Crippen LogP) is 5.37. The summed E-state index contributed by atoms with van der Waals surface area (Å²) in [5.41, 5.74) is 2.00. The van der Waals surface area contributed by atoms with Crippen molar-refractivity contribution in [2.24, 2.45) is 0 Å². The summed E-state index contributed by atoms with van der Waals surface area (Å²) in [6.45, 7) is 3.71. The van der Waals surface area contributed by atoms with Gasteiger partial charge in [-0.05, 0) is 49.2 Å². The molecule has 1 aromatic heterocycles. The quantitative estimate of drug-likeness (QED) is 0.434. The van der Waals surface area contributed by atoms with Gasteiger partial charge in [-0.3, -0.25) is 9.78 Å². The van der Waals surface area contributed by atoms with Crippen molar-refractivity contribution in [3.63, 3.8) is 0 Å². The lowest BCUT2D eigenvalue weighted by Gasteiger charge is -2.15. The van der Waals surface area contributed by atoms with E-state index in [-0.39, 0.29) is 23.7 Å². The summed E-state index contributed by atoms with van der Waals surface area (Å²) in [4.78, 5) is 28.5. The highest BCUT2D eigenvalue weighted by Gasteiger charge is 2.16. The van der Waals surface area contributed by atoms with Crippen LogP contribution in [0.3, 0.4) is 0 Å². The first-order valence-electron chi connectivity index (χ1n) is 9.82. The van der Waals surface area contributed by atoms with E-state index in [1.807, 2.05) is 31.2 Å². The summed E-state index contributed by atoms with van der Waals surface area (Å²) < 4.78 is 5.98. The van der Waals surface area contributed by atoms with E-state index >= 15 is 0 Å². The molecule has 0 atom stereocenters. The molecule has 7 heteroatoms. The minimum atomic E-state index is -1.01. The molecule has 31 heavy (non-hydrogen) atoms. The molecule has 0 aliphatic carbocycles. The summed E-state index contributed by atoms with van der Waals surface area (Å²) in [5, 5.41) is 19.6. The van der Waals surface area contributed by atoms with Crippen LogP contribution < -0.4 is 4.74 Å². The van der Waals surface area contributed by atoms with Crippen molar-refractivity contribution >= 4 is 23.5 Å². The van der Waals surface area contributed by atoms with Crippen molar-refractivity contribution in [1.29, 1.82) is 0 Å². The van der Waals surface area contributed by atoms with Gasteiger partial charge in [0.25, 0.3) is 0 Å². The van der Waals surface area contributed by atoms with Gasteiger partial charge in [0.1, 0.15) is 18.1 Å². The molecule has 3 rings (SSSR count). The van der Waals surface area contributed by atoms with Gasteiger partial charge in [0, 0.05) is 27.7 Å². The normalized spacial score (nSPS) is 10.6. The highest BCUT2D eigenvalue weighted by atomic mass is 32.2. The molecule has 0 bridgehead atoms. The van der Waals surface area contributed by atoms with Crippen LogP contribution in [0.15, 0.2) is 64.6 Å². The summed E-state index contributed by atoms with van der Waals surface area (Å²) in [6, 6.07) is 12.6. The van der Waals surface area contributed by atoms with Crippen molar-refractivity contribution in [3.8, 4) is 11.5 Å². The lowest BCUT2D eigenvalue weighted by molar-refractivity contribution is 0.0696. The number of pyridine rings is 1. The molecule has 3 aromatic rings. The number of rotatable bonds is 9. The molecule has 1 heterocycles. The minimum absolute atomic E-state index is 0.0121. The van der Waals surface area contributed by atoms with E-state index in [0.717, 1.165) is 21.8 Å². The highest BCUT2D eigenvalue weighted by molar-refractivity contribution is 7.99. The van der Waals surface area contributed by atoms with Crippen molar-refractivity contribution in [3.05, 3.63) is 77.1 Å². The average molecular weight is 438 g/mol. The maximum atomic E-state index is 11.7. The van der Waals surface area contributed by atoms with Gasteiger partial charge in [0.2, 0.25) is 0 Å². The second-order valence-corrected chi connectivity index (χ2v) is 8.14. The molecule has 2 aromatic carbocycles. The molecule has 0 radical (unpaired) electrons. The van der Waals surface area contributed by atoms with E-state index in [1.54, 1.807) is 24.4 Å². The first kappa shape index (κ1) is 22.4. The van der Waals surface area contributed by atoms with Gasteiger partial charge in [-0.15, -0.1) is 0 Å². The van der Waals surface area contributed by atoms with E-state index in [1.165, 1.54) is 24.9 Å². The van der Waals surface area contributed by atoms with Crippen molar-refractivity contribution in [1.82, 2.24) is 4.98 Å². The Balaban J connectivity index is 1.76. The predicted molar refractivity (Wildman–Crippen MR) is 118 cm³/mol. The van der Waals surface area contributed by atoms with Gasteiger partial charge in [0.05, 0.1) is 11.1 Å². The van der Waals surface area contributed by atoms with Crippen LogP contribution in [0, 0.1) is 0 Å². The number of hydrogen-bond donors (Lipinski definition) is 2. The monoisotopic (exact) mass is 437 g/mol. The Morgan fingerprint density at radius 1 is 1.10 bits per heavy atom. The third kappa shape index (κ3) is 5.64. The zero-order valence-corrected chi connectivity index (χ0v) is 18.1. The van der Waals surface area contributed by atoms with Crippen LogP contribution in [-0.4, -0.2) is 26.9 Å². The zero-order valence-electron chi connectivity index (χ0n) is 17.3. The second kappa shape index (κ2) is 10.1. The average Bonchev–Trinajstić information content (AvgIpc) is 2.74. The molecule has 0 unspecified atom stereocenters. The number of ether oxygens (including phenoxy) is 1. The maximum Gasteiger partial charge on any atom is 0.337 e. The summed E-state index contributed by atoms with van der Waals surface area (Å²) in [6.07, 6.45) is 4.35. The topological polar surface area (TPSA) is 96.7 Å². The van der Waals surface area contributed by atoms with E-state index in [4.69, 9.17) is 9.84 Å². The Morgan fingerprint density at radius 3 is 2.61 bits per heavy atom. The van der Waals surface area contributed by atoms with Gasteiger partial charge in [-0.25, -0.2) is 4.79 Å². The van der Waals surface area contributed by atoms with Crippen LogP contribution in [0.2, 0.25) is 0 Å². The van der Waals surface area contributed by atoms with Crippen LogP contribution in [0.4, 0.5) is 0 Å². The number of hydrogen-bond acceptors (Lipinski definition) is 6. The molecule has 160 valence electrons. The summed E-state index contributed by atoms with van der Waals surface area (Å²) in [5.74, 6) is -0.658. The number of carboxylic acid groups (broad SMARTS) is 1. The fourth-order valence-corrected chi connectivity index (χ4v) is 4.04. The lowest BCUT2D eigenvalue weighted by Crippen LogP contribution is -2.02. The number of carbonyl (C=O) groups excluding carboxylic acids is 1. The number of benzene rings is 2.